The van der Waals surface area contributed by atoms with Crippen molar-refractivity contribution >= 4 is 28.7 Å². The van der Waals surface area contributed by atoms with Crippen molar-refractivity contribution in [1.29, 1.82) is 0 Å². The molecular weight excluding hydrogens is 365 g/mol. The lowest BCUT2D eigenvalue weighted by Gasteiger charge is -2.31. The first kappa shape index (κ1) is 19.8. The molecule has 9 heteroatoms. The second-order valence-corrected chi connectivity index (χ2v) is 7.13. The van der Waals surface area contributed by atoms with E-state index in [-0.39, 0.29) is 23.7 Å². The molecule has 0 saturated carbocycles. The molecule has 0 bridgehead atoms. The second-order valence-electron chi connectivity index (χ2n) is 7.13. The van der Waals surface area contributed by atoms with E-state index in [9.17, 15) is 19.6 Å². The van der Waals surface area contributed by atoms with Crippen molar-refractivity contribution in [3.8, 4) is 0 Å². The predicted octanol–water partition coefficient (Wildman–Crippen LogP) is 3.65. The minimum Gasteiger partial charge on any atom is -0.393 e. The van der Waals surface area contributed by atoms with Gasteiger partial charge in [-0.05, 0) is 51.0 Å². The number of aliphatic hydroxyl groups is 1. The zero-order valence-electron chi connectivity index (χ0n) is 15.9. The Kier molecular flexibility index (Phi) is 5.93. The van der Waals surface area contributed by atoms with Crippen LogP contribution in [0.4, 0.5) is 33.1 Å². The van der Waals surface area contributed by atoms with Crippen LogP contribution in [0.25, 0.3) is 0 Å². The first-order chi connectivity index (χ1) is 13.3. The summed E-state index contributed by atoms with van der Waals surface area (Å²) in [5.41, 5.74) is 0.634. The number of pyridine rings is 1. The summed E-state index contributed by atoms with van der Waals surface area (Å²) in [6.45, 7) is 5.04. The van der Waals surface area contributed by atoms with Crippen LogP contribution in [0.15, 0.2) is 30.3 Å². The van der Waals surface area contributed by atoms with E-state index in [4.69, 9.17) is 0 Å². The van der Waals surface area contributed by atoms with E-state index >= 15 is 0 Å². The van der Waals surface area contributed by atoms with Crippen LogP contribution in [-0.2, 0) is 0 Å². The maximum absolute atomic E-state index is 14.6. The number of aromatic nitrogens is 1. The van der Waals surface area contributed by atoms with Crippen molar-refractivity contribution in [1.82, 2.24) is 4.98 Å². The fourth-order valence-electron chi connectivity index (χ4n) is 3.15. The summed E-state index contributed by atoms with van der Waals surface area (Å²) in [6, 6.07) is 7.62. The molecule has 150 valence electrons. The van der Waals surface area contributed by atoms with Gasteiger partial charge in [-0.1, -0.05) is 0 Å². The van der Waals surface area contributed by atoms with Gasteiger partial charge in [0, 0.05) is 30.9 Å². The monoisotopic (exact) mass is 389 g/mol. The Morgan fingerprint density at radius 1 is 1.29 bits per heavy atom. The number of halogens is 1. The molecule has 0 spiro atoms. The summed E-state index contributed by atoms with van der Waals surface area (Å²) in [6.07, 6.45) is 0.870. The fraction of sp³-hybridized carbons (Fsp3) is 0.421. The zero-order chi connectivity index (χ0) is 20.3. The van der Waals surface area contributed by atoms with Crippen LogP contribution in [0.5, 0.6) is 0 Å². The molecule has 2 heterocycles. The number of nitrogens with one attached hydrogen (secondary N) is 2. The van der Waals surface area contributed by atoms with Crippen molar-refractivity contribution in [2.75, 3.05) is 28.6 Å². The van der Waals surface area contributed by atoms with E-state index in [1.165, 1.54) is 18.2 Å². The number of nitro groups is 1. The van der Waals surface area contributed by atoms with Crippen LogP contribution in [-0.4, -0.2) is 40.2 Å². The summed E-state index contributed by atoms with van der Waals surface area (Å²) >= 11 is 0. The number of benzene rings is 1. The highest BCUT2D eigenvalue weighted by Gasteiger charge is 2.21. The zero-order valence-corrected chi connectivity index (χ0v) is 15.9. The van der Waals surface area contributed by atoms with Crippen molar-refractivity contribution in [3.05, 3.63) is 46.3 Å². The number of piperidine rings is 1. The van der Waals surface area contributed by atoms with Crippen LogP contribution in [0.1, 0.15) is 26.7 Å². The van der Waals surface area contributed by atoms with Gasteiger partial charge in [-0.3, -0.25) is 10.1 Å². The largest absolute Gasteiger partial charge is 0.393 e. The summed E-state index contributed by atoms with van der Waals surface area (Å²) in [4.78, 5) is 16.9. The van der Waals surface area contributed by atoms with Crippen LogP contribution in [0, 0.1) is 15.9 Å². The number of aliphatic hydroxyl groups excluding tert-OH is 1. The molecule has 1 aromatic heterocycles. The van der Waals surface area contributed by atoms with Crippen molar-refractivity contribution in [3.63, 3.8) is 0 Å². The molecule has 1 aliphatic heterocycles. The fourth-order valence-corrected chi connectivity index (χ4v) is 3.15. The SMILES string of the molecule is CC(C)Nc1ccc([N+](=O)[O-])c(Nc2ccc(N3CCC(O)CC3)c(F)c2)n1. The van der Waals surface area contributed by atoms with Crippen LogP contribution in [0.3, 0.4) is 0 Å². The molecule has 0 aliphatic carbocycles. The highest BCUT2D eigenvalue weighted by molar-refractivity contribution is 5.69. The van der Waals surface area contributed by atoms with E-state index in [1.54, 1.807) is 12.1 Å². The molecular formula is C19H24FN5O3. The van der Waals surface area contributed by atoms with E-state index in [0.29, 0.717) is 43.1 Å². The van der Waals surface area contributed by atoms with Gasteiger partial charge in [-0.25, -0.2) is 9.37 Å². The minimum absolute atomic E-state index is 0.0453. The predicted molar refractivity (Wildman–Crippen MR) is 107 cm³/mol. The second kappa shape index (κ2) is 8.39. The standard InChI is InChI=1S/C19H24FN5O3/c1-12(2)21-18-6-5-17(25(27)28)19(23-18)22-13-3-4-16(15(20)11-13)24-9-7-14(26)8-10-24/h3-6,11-12,14,26H,7-10H2,1-2H3,(H2,21,22,23). The van der Waals surface area contributed by atoms with E-state index in [1.807, 2.05) is 18.7 Å². The molecule has 3 N–H and O–H groups in total. The molecule has 1 fully saturated rings. The van der Waals surface area contributed by atoms with Gasteiger partial charge in [0.1, 0.15) is 11.6 Å². The van der Waals surface area contributed by atoms with E-state index < -0.39 is 10.7 Å². The molecule has 28 heavy (non-hydrogen) atoms. The summed E-state index contributed by atoms with van der Waals surface area (Å²) in [5.74, 6) is 0.108. The topological polar surface area (TPSA) is 104 Å². The third-order valence-corrected chi connectivity index (χ3v) is 4.52. The number of hydrogen-bond acceptors (Lipinski definition) is 7. The minimum atomic E-state index is -0.530. The third kappa shape index (κ3) is 4.66. The number of rotatable bonds is 6. The molecule has 1 aromatic carbocycles. The first-order valence-electron chi connectivity index (χ1n) is 9.25. The third-order valence-electron chi connectivity index (χ3n) is 4.52. The Bertz CT molecular complexity index is 853. The van der Waals surface area contributed by atoms with E-state index in [0.717, 1.165) is 0 Å². The normalized spacial score (nSPS) is 15.0. The van der Waals surface area contributed by atoms with Gasteiger partial charge in [0.05, 0.1) is 16.7 Å². The van der Waals surface area contributed by atoms with Gasteiger partial charge in [-0.15, -0.1) is 0 Å². The molecule has 0 atom stereocenters. The lowest BCUT2D eigenvalue weighted by Crippen LogP contribution is -2.36. The van der Waals surface area contributed by atoms with Crippen LogP contribution in [0.2, 0.25) is 0 Å². The summed E-state index contributed by atoms with van der Waals surface area (Å²) < 4.78 is 14.6. The molecule has 1 aliphatic rings. The van der Waals surface area contributed by atoms with Crippen LogP contribution >= 0.6 is 0 Å². The highest BCUT2D eigenvalue weighted by Crippen LogP contribution is 2.30. The van der Waals surface area contributed by atoms with Crippen molar-refractivity contribution in [2.45, 2.75) is 38.8 Å². The average molecular weight is 389 g/mol. The van der Waals surface area contributed by atoms with Gasteiger partial charge in [0.15, 0.2) is 0 Å². The van der Waals surface area contributed by atoms with Crippen LogP contribution < -0.4 is 15.5 Å². The molecule has 0 amide bonds. The molecule has 1 saturated heterocycles. The Balaban J connectivity index is 1.83. The molecule has 0 radical (unpaired) electrons. The Labute approximate surface area is 162 Å². The number of nitrogens with zero attached hydrogens (tertiary/aromatic N) is 3. The Morgan fingerprint density at radius 2 is 2.00 bits per heavy atom. The summed E-state index contributed by atoms with van der Waals surface area (Å²) in [7, 11) is 0. The van der Waals surface area contributed by atoms with Gasteiger partial charge in [0.25, 0.3) is 0 Å². The first-order valence-corrected chi connectivity index (χ1v) is 9.25. The number of hydrogen-bond donors (Lipinski definition) is 3. The molecule has 8 nitrogen and oxygen atoms in total. The Hall–Kier alpha value is -2.94. The molecule has 0 unspecified atom stereocenters. The smallest absolute Gasteiger partial charge is 0.311 e. The van der Waals surface area contributed by atoms with E-state index in [2.05, 4.69) is 15.6 Å². The van der Waals surface area contributed by atoms with Gasteiger partial charge >= 0.3 is 5.69 Å². The lowest BCUT2D eigenvalue weighted by atomic mass is 10.1. The van der Waals surface area contributed by atoms with Gasteiger partial charge < -0.3 is 20.6 Å². The van der Waals surface area contributed by atoms with Gasteiger partial charge in [0.2, 0.25) is 5.82 Å². The number of anilines is 4. The lowest BCUT2D eigenvalue weighted by molar-refractivity contribution is -0.384. The van der Waals surface area contributed by atoms with Crippen molar-refractivity contribution < 1.29 is 14.4 Å². The average Bonchev–Trinajstić information content (AvgIpc) is 2.62. The molecule has 3 rings (SSSR count). The maximum Gasteiger partial charge on any atom is 0.311 e. The van der Waals surface area contributed by atoms with Gasteiger partial charge in [-0.2, -0.15) is 0 Å². The quantitative estimate of drug-likeness (QED) is 0.512. The maximum atomic E-state index is 14.6. The van der Waals surface area contributed by atoms with Crippen molar-refractivity contribution in [2.24, 2.45) is 0 Å². The summed E-state index contributed by atoms with van der Waals surface area (Å²) in [5, 5.41) is 26.8. The molecule has 2 aromatic rings. The Morgan fingerprint density at radius 3 is 2.61 bits per heavy atom. The highest BCUT2D eigenvalue weighted by atomic mass is 19.1.